The van der Waals surface area contributed by atoms with Gasteiger partial charge in [0.2, 0.25) is 0 Å². The van der Waals surface area contributed by atoms with E-state index in [2.05, 4.69) is 81.4 Å². The van der Waals surface area contributed by atoms with Crippen LogP contribution >= 0.6 is 0 Å². The van der Waals surface area contributed by atoms with E-state index in [0.29, 0.717) is 11.8 Å². The second kappa shape index (κ2) is 7.06. The molecule has 25 heavy (non-hydrogen) atoms. The van der Waals surface area contributed by atoms with Crippen molar-refractivity contribution >= 4 is 9.52 Å². The van der Waals surface area contributed by atoms with Crippen molar-refractivity contribution in [2.24, 2.45) is 22.7 Å². The van der Waals surface area contributed by atoms with E-state index >= 15 is 0 Å². The lowest BCUT2D eigenvalue weighted by Gasteiger charge is -2.28. The van der Waals surface area contributed by atoms with E-state index in [1.807, 2.05) is 0 Å². The molecule has 2 atom stereocenters. The molecule has 0 N–H and O–H groups in total. The summed E-state index contributed by atoms with van der Waals surface area (Å²) in [5.41, 5.74) is 6.95. The molecule has 0 saturated heterocycles. The van der Waals surface area contributed by atoms with Crippen molar-refractivity contribution in [3.8, 4) is 0 Å². The zero-order chi connectivity index (χ0) is 19.2. The van der Waals surface area contributed by atoms with Crippen LogP contribution in [0.3, 0.4) is 0 Å². The van der Waals surface area contributed by atoms with Gasteiger partial charge < -0.3 is 0 Å². The van der Waals surface area contributed by atoms with E-state index < -0.39 is 0 Å². The Balaban J connectivity index is 2.45. The fraction of sp³-hybridized carbons (Fsp3) is 0.667. The topological polar surface area (TPSA) is 0 Å². The molecule has 2 rings (SSSR count). The van der Waals surface area contributed by atoms with E-state index in [1.165, 1.54) is 12.8 Å². The predicted octanol–water partition coefficient (Wildman–Crippen LogP) is 7.26. The molecule has 0 aliphatic heterocycles. The second-order valence-corrected chi connectivity index (χ2v) is 11.3. The molecule has 2 aliphatic rings. The van der Waals surface area contributed by atoms with E-state index in [-0.39, 0.29) is 10.8 Å². The third kappa shape index (κ3) is 3.97. The highest BCUT2D eigenvalue weighted by Gasteiger charge is 2.35. The van der Waals surface area contributed by atoms with Crippen molar-refractivity contribution in [2.45, 2.75) is 82.1 Å². The average molecular weight is 355 g/mol. The molecule has 2 aliphatic carbocycles. The summed E-state index contributed by atoms with van der Waals surface area (Å²) in [4.78, 5) is 0. The maximum absolute atomic E-state index is 2.59. The normalized spacial score (nSPS) is 25.0. The molecule has 0 nitrogen and oxygen atoms in total. The largest absolute Gasteiger partial charge is 0.121 e. The summed E-state index contributed by atoms with van der Waals surface area (Å²) in [6.45, 7) is 23.7. The summed E-state index contributed by atoms with van der Waals surface area (Å²) >= 11 is 0. The Morgan fingerprint density at radius 2 is 1.04 bits per heavy atom. The quantitative estimate of drug-likeness (QED) is 0.466. The highest BCUT2D eigenvalue weighted by atomic mass is 28.2. The highest BCUT2D eigenvalue weighted by Crippen LogP contribution is 2.47. The van der Waals surface area contributed by atoms with Crippen molar-refractivity contribution in [2.75, 3.05) is 0 Å². The molecule has 0 fully saturated rings. The Bertz CT molecular complexity index is 595. The molecule has 0 aromatic heterocycles. The summed E-state index contributed by atoms with van der Waals surface area (Å²) in [5, 5.41) is 3.24. The van der Waals surface area contributed by atoms with Crippen LogP contribution in [0.15, 0.2) is 44.8 Å². The van der Waals surface area contributed by atoms with Crippen LogP contribution in [-0.4, -0.2) is 9.52 Å². The molecule has 0 aromatic carbocycles. The highest BCUT2D eigenvalue weighted by molar-refractivity contribution is 6.57. The first kappa shape index (κ1) is 20.5. The zero-order valence-corrected chi connectivity index (χ0v) is 19.2. The Hall–Kier alpha value is -0.823. The number of rotatable bonds is 4. The molecule has 0 aromatic rings. The molecule has 2 unspecified atom stereocenters. The Morgan fingerprint density at radius 3 is 1.28 bits per heavy atom. The second-order valence-electron chi connectivity index (χ2n) is 9.93. The maximum atomic E-state index is 2.59. The minimum absolute atomic E-state index is 0.233. The summed E-state index contributed by atoms with van der Waals surface area (Å²) < 4.78 is 0. The van der Waals surface area contributed by atoms with Gasteiger partial charge in [-0.1, -0.05) is 89.1 Å². The van der Waals surface area contributed by atoms with Crippen LogP contribution in [0.25, 0.3) is 0 Å². The summed E-state index contributed by atoms with van der Waals surface area (Å²) in [6, 6.07) is 0. The lowest BCUT2D eigenvalue weighted by molar-refractivity contribution is 0.506. The van der Waals surface area contributed by atoms with Crippen molar-refractivity contribution in [1.82, 2.24) is 0 Å². The van der Waals surface area contributed by atoms with Gasteiger partial charge in [-0.3, -0.25) is 0 Å². The van der Waals surface area contributed by atoms with E-state index in [1.54, 1.807) is 32.7 Å². The van der Waals surface area contributed by atoms with Crippen LogP contribution in [0.5, 0.6) is 0 Å². The van der Waals surface area contributed by atoms with Crippen molar-refractivity contribution in [3.05, 3.63) is 44.8 Å². The van der Waals surface area contributed by atoms with Crippen LogP contribution in [-0.2, 0) is 0 Å². The lowest BCUT2D eigenvalue weighted by atomic mass is 9.83. The SMILES string of the molecule is CCC1C=C([Si]C2=CC(CC)C(C)=C2C(C)(C)C)C(C(C)(C)C)=C1C. The maximum Gasteiger partial charge on any atom is 0.121 e. The van der Waals surface area contributed by atoms with Gasteiger partial charge in [0.15, 0.2) is 0 Å². The van der Waals surface area contributed by atoms with Gasteiger partial charge in [-0.15, -0.1) is 0 Å². The first-order chi connectivity index (χ1) is 11.4. The third-order valence-electron chi connectivity index (χ3n) is 5.82. The molecular formula is C24H38Si. The van der Waals surface area contributed by atoms with Crippen molar-refractivity contribution in [3.63, 3.8) is 0 Å². The van der Waals surface area contributed by atoms with Gasteiger partial charge >= 0.3 is 0 Å². The van der Waals surface area contributed by atoms with Crippen LogP contribution in [0.2, 0.25) is 0 Å². The van der Waals surface area contributed by atoms with Gasteiger partial charge in [-0.25, -0.2) is 0 Å². The van der Waals surface area contributed by atoms with Crippen LogP contribution in [0.4, 0.5) is 0 Å². The minimum atomic E-state index is 0.233. The number of hydrogen-bond acceptors (Lipinski definition) is 0. The zero-order valence-electron chi connectivity index (χ0n) is 18.2. The van der Waals surface area contributed by atoms with E-state index in [0.717, 1.165) is 9.52 Å². The fourth-order valence-electron chi connectivity index (χ4n) is 4.81. The third-order valence-corrected chi connectivity index (χ3v) is 7.20. The molecule has 2 radical (unpaired) electrons. The van der Waals surface area contributed by atoms with Gasteiger partial charge in [-0.2, -0.15) is 0 Å². The molecule has 0 amide bonds. The fourth-order valence-corrected chi connectivity index (χ4v) is 7.06. The van der Waals surface area contributed by atoms with Crippen LogP contribution in [0.1, 0.15) is 82.1 Å². The summed E-state index contributed by atoms with van der Waals surface area (Å²) in [6.07, 6.45) is 7.61. The molecule has 0 spiro atoms. The number of hydrogen-bond donors (Lipinski definition) is 0. The van der Waals surface area contributed by atoms with Gasteiger partial charge in [0.05, 0.1) is 0 Å². The molecule has 1 heteroatoms. The van der Waals surface area contributed by atoms with Gasteiger partial charge in [0.1, 0.15) is 9.52 Å². The van der Waals surface area contributed by atoms with Crippen LogP contribution < -0.4 is 0 Å². The molecule has 0 saturated carbocycles. The van der Waals surface area contributed by atoms with Crippen molar-refractivity contribution < 1.29 is 0 Å². The van der Waals surface area contributed by atoms with Gasteiger partial charge in [0.25, 0.3) is 0 Å². The van der Waals surface area contributed by atoms with Gasteiger partial charge in [0, 0.05) is 0 Å². The predicted molar refractivity (Wildman–Crippen MR) is 114 cm³/mol. The first-order valence-electron chi connectivity index (χ1n) is 10.1. The standard InChI is InChI=1S/C24H38Si/c1-11-17-13-19(21(15(17)3)23(5,6)7)25-20-14-18(12-2)16(4)22(20)24(8,9)10/h13-14,17-18H,11-12H2,1-10H3. The Kier molecular flexibility index (Phi) is 5.79. The number of allylic oxidation sites excluding steroid dienone is 8. The Morgan fingerprint density at radius 1 is 0.720 bits per heavy atom. The average Bonchev–Trinajstić information content (AvgIpc) is 2.94. The smallest absolute Gasteiger partial charge is 0.0779 e. The first-order valence-corrected chi connectivity index (χ1v) is 11.1. The summed E-state index contributed by atoms with van der Waals surface area (Å²) in [5.74, 6) is 1.28. The monoisotopic (exact) mass is 354 g/mol. The van der Waals surface area contributed by atoms with Crippen molar-refractivity contribution in [1.29, 1.82) is 0 Å². The molecule has 138 valence electrons. The van der Waals surface area contributed by atoms with Crippen LogP contribution in [0, 0.1) is 22.7 Å². The molecular weight excluding hydrogens is 316 g/mol. The van der Waals surface area contributed by atoms with Gasteiger partial charge in [-0.05, 0) is 60.5 Å². The Labute approximate surface area is 159 Å². The lowest BCUT2D eigenvalue weighted by Crippen LogP contribution is -2.19. The molecule has 0 bridgehead atoms. The minimum Gasteiger partial charge on any atom is -0.0779 e. The summed E-state index contributed by atoms with van der Waals surface area (Å²) in [7, 11) is 0.804. The van der Waals surface area contributed by atoms with E-state index in [9.17, 15) is 0 Å². The van der Waals surface area contributed by atoms with E-state index in [4.69, 9.17) is 0 Å². The molecule has 0 heterocycles.